The number of hydrogen-bond donors (Lipinski definition) is 2. The first-order valence-electron chi connectivity index (χ1n) is 15.3. The summed E-state index contributed by atoms with van der Waals surface area (Å²) in [4.78, 5) is 13.9. The zero-order valence-corrected chi connectivity index (χ0v) is 25.6. The van der Waals surface area contributed by atoms with Gasteiger partial charge in [0, 0.05) is 42.4 Å². The van der Waals surface area contributed by atoms with Gasteiger partial charge in [0.15, 0.2) is 5.82 Å². The van der Waals surface area contributed by atoms with Crippen molar-refractivity contribution in [2.45, 2.75) is 56.1 Å². The minimum atomic E-state index is -5.08. The van der Waals surface area contributed by atoms with E-state index in [1.165, 1.54) is 0 Å². The lowest BCUT2D eigenvalue weighted by Gasteiger charge is -2.53. The molecule has 246 valence electrons. The van der Waals surface area contributed by atoms with Crippen LogP contribution in [0.2, 0.25) is 0 Å². The molecule has 8 nitrogen and oxygen atoms in total. The topological polar surface area (TPSA) is 89.9 Å². The molecule has 2 aromatic carbocycles. The second-order valence-electron chi connectivity index (χ2n) is 13.2. The van der Waals surface area contributed by atoms with Crippen LogP contribution in [0, 0.1) is 23.6 Å². The summed E-state index contributed by atoms with van der Waals surface area (Å²) in [5.41, 5.74) is 2.02. The van der Waals surface area contributed by atoms with Crippen molar-refractivity contribution in [2.75, 3.05) is 38.5 Å². The maximum atomic E-state index is 16.8. The average molecular weight is 675 g/mol. The van der Waals surface area contributed by atoms with Crippen LogP contribution in [0.1, 0.15) is 37.7 Å². The number of rotatable bonds is 6. The molecule has 1 saturated carbocycles. The number of anilines is 1. The zero-order chi connectivity index (χ0) is 32.9. The van der Waals surface area contributed by atoms with Gasteiger partial charge in [-0.1, -0.05) is 6.07 Å². The number of nitrogen functional groups attached to an aromatic ring is 1. The Labute approximate surface area is 268 Å². The van der Waals surface area contributed by atoms with Gasteiger partial charge in [0.2, 0.25) is 11.6 Å². The summed E-state index contributed by atoms with van der Waals surface area (Å²) in [6.45, 7) is 10.2. The van der Waals surface area contributed by atoms with E-state index in [2.05, 4.69) is 20.1 Å². The predicted molar refractivity (Wildman–Crippen MR) is 163 cm³/mol. The molecule has 1 spiro atoms. The van der Waals surface area contributed by atoms with Crippen molar-refractivity contribution in [2.24, 2.45) is 5.41 Å². The molecule has 2 unspecified atom stereocenters. The number of thiophene rings is 1. The van der Waals surface area contributed by atoms with Crippen LogP contribution in [-0.4, -0.2) is 65.5 Å². The number of nitrogens with two attached hydrogens (primary N) is 1. The van der Waals surface area contributed by atoms with Crippen molar-refractivity contribution in [3.8, 4) is 23.0 Å². The largest absolute Gasteiger partial charge is 0.474 e. The normalized spacial score (nSPS) is 24.0. The highest BCUT2D eigenvalue weighted by Crippen LogP contribution is 2.51. The molecule has 0 bridgehead atoms. The Bertz CT molecular complexity index is 1980. The molecule has 15 heteroatoms. The third-order valence-electron chi connectivity index (χ3n) is 10.2. The second kappa shape index (κ2) is 10.6. The molecule has 4 aliphatic rings. The van der Waals surface area contributed by atoms with Crippen molar-refractivity contribution in [1.29, 1.82) is 0 Å². The van der Waals surface area contributed by atoms with Gasteiger partial charge in [0.1, 0.15) is 30.2 Å². The Morgan fingerprint density at radius 3 is 2.66 bits per heavy atom. The van der Waals surface area contributed by atoms with E-state index in [4.69, 9.17) is 21.8 Å². The lowest BCUT2D eigenvalue weighted by Crippen LogP contribution is -2.62. The molecular weight excluding hydrogens is 646 g/mol. The molecular formula is C32H28F6N6O2S. The van der Waals surface area contributed by atoms with E-state index in [1.54, 1.807) is 0 Å². The molecule has 3 N–H and O–H groups in total. The number of aromatic nitrogens is 2. The molecule has 4 aromatic rings. The van der Waals surface area contributed by atoms with Gasteiger partial charge in [0.25, 0.3) is 0 Å². The van der Waals surface area contributed by atoms with Crippen molar-refractivity contribution in [1.82, 2.24) is 20.2 Å². The highest BCUT2D eigenvalue weighted by molar-refractivity contribution is 7.23. The fraction of sp³-hybridized carbons (Fsp3) is 0.469. The van der Waals surface area contributed by atoms with Crippen LogP contribution in [0.3, 0.4) is 0 Å². The van der Waals surface area contributed by atoms with E-state index in [0.717, 1.165) is 37.7 Å². The Hall–Kier alpha value is -3.87. The highest BCUT2D eigenvalue weighted by atomic mass is 32.1. The van der Waals surface area contributed by atoms with Crippen molar-refractivity contribution in [3.05, 3.63) is 46.8 Å². The van der Waals surface area contributed by atoms with Crippen LogP contribution in [-0.2, 0) is 6.18 Å². The number of halogens is 6. The number of nitrogens with one attached hydrogen (secondary N) is 1. The number of nitrogens with zero attached hydrogens (tertiary/aromatic N) is 4. The van der Waals surface area contributed by atoms with Gasteiger partial charge in [-0.3, -0.25) is 4.90 Å². The van der Waals surface area contributed by atoms with Crippen molar-refractivity contribution < 1.29 is 35.8 Å². The summed E-state index contributed by atoms with van der Waals surface area (Å²) in [5, 5.41) is 2.58. The molecule has 1 aliphatic carbocycles. The first-order chi connectivity index (χ1) is 22.4. The maximum Gasteiger partial charge on any atom is 0.417 e. The second-order valence-corrected chi connectivity index (χ2v) is 14.2. The van der Waals surface area contributed by atoms with E-state index in [0.29, 0.717) is 37.1 Å². The highest BCUT2D eigenvalue weighted by Gasteiger charge is 2.51. The third kappa shape index (κ3) is 4.78. The van der Waals surface area contributed by atoms with Crippen LogP contribution in [0.5, 0.6) is 11.9 Å². The number of hydrogen-bond acceptors (Lipinski definition) is 8. The third-order valence-corrected chi connectivity index (χ3v) is 11.2. The van der Waals surface area contributed by atoms with Gasteiger partial charge >= 0.3 is 12.2 Å². The summed E-state index contributed by atoms with van der Waals surface area (Å²) in [7, 11) is 0. The van der Waals surface area contributed by atoms with Crippen LogP contribution >= 0.6 is 11.3 Å². The monoisotopic (exact) mass is 674 g/mol. The zero-order valence-electron chi connectivity index (χ0n) is 24.8. The van der Waals surface area contributed by atoms with E-state index in [-0.39, 0.29) is 74.7 Å². The quantitative estimate of drug-likeness (QED) is 0.168. The predicted octanol–water partition coefficient (Wildman–Crippen LogP) is 7.03. The maximum absolute atomic E-state index is 16.8. The molecule has 47 heavy (non-hydrogen) atoms. The van der Waals surface area contributed by atoms with E-state index in [9.17, 15) is 22.0 Å². The van der Waals surface area contributed by atoms with E-state index in [1.807, 2.05) is 4.90 Å². The Kier molecular flexibility index (Phi) is 6.85. The number of benzene rings is 2. The summed E-state index contributed by atoms with van der Waals surface area (Å²) in [5.74, 6) is -2.42. The van der Waals surface area contributed by atoms with E-state index < -0.39 is 46.2 Å². The van der Waals surface area contributed by atoms with Crippen LogP contribution < -0.4 is 20.5 Å². The first-order valence-corrected chi connectivity index (χ1v) is 16.1. The Morgan fingerprint density at radius 2 is 1.96 bits per heavy atom. The van der Waals surface area contributed by atoms with Gasteiger partial charge in [-0.2, -0.15) is 23.1 Å². The lowest BCUT2D eigenvalue weighted by atomic mass is 9.63. The fourth-order valence-corrected chi connectivity index (χ4v) is 8.81. The van der Waals surface area contributed by atoms with Crippen molar-refractivity contribution >= 4 is 43.0 Å². The molecule has 4 fully saturated rings. The first kappa shape index (κ1) is 30.5. The molecule has 0 amide bonds. The Balaban J connectivity index is 1.30. The Morgan fingerprint density at radius 1 is 1.17 bits per heavy atom. The number of fused-ring (bicyclic) bond motifs is 3. The minimum Gasteiger partial charge on any atom is -0.474 e. The molecule has 5 heterocycles. The minimum absolute atomic E-state index is 0.00676. The van der Waals surface area contributed by atoms with Crippen LogP contribution in [0.15, 0.2) is 18.2 Å². The standard InChI is InChI=1S/C32H28F6N6O2S/c1-40-25-22-17(3-4-20(34)26(22)47-27(25)39)21-19(32(36,37)38)7-18-24(23(21)35)42-29(43-28(18)46-16-9-30(10-16)12-41-13-30)45-14-31-5-2-6-44(31)11-15(33)8-31/h3-4,7,15-16,41H,2,5-6,8-14,39H2. The lowest BCUT2D eigenvalue weighted by molar-refractivity contribution is -0.137. The SMILES string of the molecule is [C-]#[N+]c1c(N)sc2c(F)ccc(-c3c(C(F)(F)F)cc4c(OC5CC6(CNC6)C5)nc(OCC56CCCN5CC(F)C6)nc4c3F)c12. The molecule has 3 saturated heterocycles. The summed E-state index contributed by atoms with van der Waals surface area (Å²) < 4.78 is 102. The van der Waals surface area contributed by atoms with Gasteiger partial charge in [0.05, 0.1) is 32.8 Å². The fourth-order valence-electron chi connectivity index (χ4n) is 7.88. The smallest absolute Gasteiger partial charge is 0.417 e. The van der Waals surface area contributed by atoms with Gasteiger partial charge < -0.3 is 20.5 Å². The van der Waals surface area contributed by atoms with Gasteiger partial charge in [-0.25, -0.2) is 18.0 Å². The van der Waals surface area contributed by atoms with Crippen LogP contribution in [0.25, 0.3) is 37.0 Å². The molecule has 0 radical (unpaired) electrons. The number of alkyl halides is 4. The van der Waals surface area contributed by atoms with Crippen molar-refractivity contribution in [3.63, 3.8) is 0 Å². The molecule has 3 aliphatic heterocycles. The summed E-state index contributed by atoms with van der Waals surface area (Å²) >= 11 is 0.699. The summed E-state index contributed by atoms with van der Waals surface area (Å²) in [6, 6.07) is 2.35. The van der Waals surface area contributed by atoms with Crippen LogP contribution in [0.4, 0.5) is 37.0 Å². The molecule has 2 atom stereocenters. The summed E-state index contributed by atoms with van der Waals surface area (Å²) in [6.07, 6.45) is -3.38. The van der Waals surface area contributed by atoms with E-state index >= 15 is 4.39 Å². The molecule has 8 rings (SSSR count). The van der Waals surface area contributed by atoms with Gasteiger partial charge in [-0.05, 0) is 49.9 Å². The molecule has 2 aromatic heterocycles. The average Bonchev–Trinajstić information content (AvgIpc) is 3.62. The number of ether oxygens (including phenoxy) is 2. The van der Waals surface area contributed by atoms with Gasteiger partial charge in [-0.15, -0.1) is 11.3 Å².